The first-order chi connectivity index (χ1) is 43.9. The van der Waals surface area contributed by atoms with Crippen molar-refractivity contribution in [2.24, 2.45) is 0 Å². The number of hydrogen-bond donors (Lipinski definition) is 4. The number of piperazine rings is 1. The molecule has 3 amide bonds. The Morgan fingerprint density at radius 3 is 2.28 bits per heavy atom. The molecular weight excluding hydrogens is 1320 g/mol. The number of carbonyl (C=O) groups is 4. The van der Waals surface area contributed by atoms with Crippen LogP contribution in [0.5, 0.6) is 23.0 Å². The first kappa shape index (κ1) is 66.7. The van der Waals surface area contributed by atoms with Gasteiger partial charge in [-0.15, -0.1) is 11.8 Å². The quantitative estimate of drug-likeness (QED) is 0.0212. The number of benzene rings is 4. The molecule has 0 saturated carbocycles. The summed E-state index contributed by atoms with van der Waals surface area (Å²) in [5.41, 5.74) is 0.150. The number of likely N-dealkylation sites (N-methyl/N-ethyl adjacent to an activating group) is 2. The van der Waals surface area contributed by atoms with Gasteiger partial charge in [0.15, 0.2) is 17.0 Å². The molecule has 5 aliphatic rings. The molecule has 93 heavy (non-hydrogen) atoms. The summed E-state index contributed by atoms with van der Waals surface area (Å²) >= 11 is 22.2. The van der Waals surface area contributed by atoms with Crippen molar-refractivity contribution in [3.05, 3.63) is 145 Å². The second-order valence-corrected chi connectivity index (χ2v) is 29.2. The van der Waals surface area contributed by atoms with Crippen LogP contribution < -0.4 is 54.9 Å². The maximum atomic E-state index is 13.9. The van der Waals surface area contributed by atoms with Gasteiger partial charge in [-0.3, -0.25) is 28.1 Å². The van der Waals surface area contributed by atoms with Gasteiger partial charge in [0.1, 0.15) is 42.2 Å². The first-order valence-electron chi connectivity index (χ1n) is 29.5. The number of aromatic carboxylic acids is 1. The Morgan fingerprint density at radius 2 is 1.56 bits per heavy atom. The minimum atomic E-state index is -4.63. The summed E-state index contributed by atoms with van der Waals surface area (Å²) in [5.74, 6) is -1.88. The van der Waals surface area contributed by atoms with Crippen LogP contribution in [0.4, 0.5) is 11.5 Å². The van der Waals surface area contributed by atoms with Crippen LogP contribution in [0.25, 0.3) is 22.7 Å². The predicted molar refractivity (Wildman–Crippen MR) is 350 cm³/mol. The number of ether oxygens (including phenoxy) is 3. The van der Waals surface area contributed by atoms with Crippen LogP contribution >= 0.6 is 46.6 Å². The number of carbonyl (C=O) groups excluding carboxylic acids is 4. The second kappa shape index (κ2) is 26.2. The van der Waals surface area contributed by atoms with E-state index in [1.165, 1.54) is 0 Å². The number of fused-ring (bicyclic) bond motifs is 5. The summed E-state index contributed by atoms with van der Waals surface area (Å²) in [7, 11) is -5.68. The highest BCUT2D eigenvalue weighted by Gasteiger charge is 2.39. The Kier molecular flexibility index (Phi) is 18.8. The van der Waals surface area contributed by atoms with Crippen molar-refractivity contribution in [1.29, 1.82) is 0 Å². The summed E-state index contributed by atoms with van der Waals surface area (Å²) in [6, 6.07) is 13.3. The average Bonchev–Trinajstić information content (AvgIpc) is 1.05. The summed E-state index contributed by atoms with van der Waals surface area (Å²) in [6.45, 7) is 9.04. The van der Waals surface area contributed by atoms with Crippen LogP contribution in [0, 0.1) is 0 Å². The highest BCUT2D eigenvalue weighted by molar-refractivity contribution is 8.00. The number of amides is 3. The van der Waals surface area contributed by atoms with Gasteiger partial charge in [-0.05, 0) is 79.8 Å². The first-order valence-corrected chi connectivity index (χ1v) is 34.9. The molecule has 0 bridgehead atoms. The number of unbranched alkanes of at least 4 members (excludes halogenated alkanes) is 2. The van der Waals surface area contributed by atoms with Crippen LogP contribution in [0.15, 0.2) is 90.5 Å². The van der Waals surface area contributed by atoms with E-state index in [1.807, 2.05) is 54.2 Å². The molecule has 490 valence electrons. The third-order valence-corrected chi connectivity index (χ3v) is 21.1. The SMILES string of the molecule is CN1c2cc3c(cc2C(CS(=O)(=O)O)=CC1(C)C)C(c1c(Cl)c(SCC(=O)NCCCCCC(=O)N2CCN(c4ccnc(-n5ccnc5)n4)C(CC(=O)NCc4ccc5c(c4)OCO5)C2)c(Cl)c(Cl)c1C(=O)[O-])=c1cc2c(cc1O3)=[N+](C)C(C)(C)C=C2CS(=O)(=O)O. The van der Waals surface area contributed by atoms with E-state index in [0.717, 1.165) is 17.3 Å². The molecule has 30 heteroatoms. The van der Waals surface area contributed by atoms with Crippen LogP contribution in [0.3, 0.4) is 0 Å². The van der Waals surface area contributed by atoms with Crippen molar-refractivity contribution in [1.82, 2.24) is 39.6 Å². The van der Waals surface area contributed by atoms with Gasteiger partial charge in [-0.25, -0.2) is 14.5 Å². The Labute approximate surface area is 555 Å². The van der Waals surface area contributed by atoms with Gasteiger partial charge in [0.2, 0.25) is 35.8 Å². The molecule has 4 aromatic carbocycles. The summed E-state index contributed by atoms with van der Waals surface area (Å²) < 4.78 is 92.1. The minimum absolute atomic E-state index is 0.0121. The normalized spacial score (nSPS) is 16.9. The average molecular weight is 1390 g/mol. The van der Waals surface area contributed by atoms with E-state index in [0.29, 0.717) is 77.8 Å². The molecular formula is C63H65Cl3N10O14S3. The highest BCUT2D eigenvalue weighted by Crippen LogP contribution is 2.51. The fourth-order valence-corrected chi connectivity index (χ4v) is 15.5. The minimum Gasteiger partial charge on any atom is -0.545 e. The topological polar surface area (TPSA) is 308 Å². The van der Waals surface area contributed by atoms with Crippen molar-refractivity contribution in [2.75, 3.05) is 74.1 Å². The smallest absolute Gasteiger partial charge is 0.269 e. The number of imidazole rings is 1. The third kappa shape index (κ3) is 14.2. The molecule has 1 unspecified atom stereocenters. The molecule has 5 aliphatic heterocycles. The molecule has 2 aromatic heterocycles. The van der Waals surface area contributed by atoms with Crippen molar-refractivity contribution in [3.63, 3.8) is 0 Å². The van der Waals surface area contributed by atoms with Gasteiger partial charge >= 0.3 is 0 Å². The molecule has 0 radical (unpaired) electrons. The molecule has 0 aliphatic carbocycles. The molecule has 24 nitrogen and oxygen atoms in total. The number of nitrogens with zero attached hydrogens (tertiary/aromatic N) is 8. The van der Waals surface area contributed by atoms with Crippen molar-refractivity contribution in [2.45, 2.75) is 88.4 Å². The standard InChI is InChI=1S/C63H65Cl3N10O14S3/c1-62(2)26-36(31-92(82,83)84)39-22-41-46(24-43(39)72(62)5)90-47-25-44-40(37(32-93(85,86)87)27-63(3,4)73(44)6)23-42(47)53(41)54-55(60(80)81)56(64)58(66)59(57(54)65)91-30-51(78)68-14-9-7-8-10-52(79)74-18-19-76(49-13-15-69-61(71-49)75-17-16-67-33-75)38(29-74)21-50(77)70-28-35-11-12-45-48(20-35)89-34-88-45/h11-13,15-17,20,22-27,33,38H,7-10,14,18-19,21,28-32,34H2,1-6H3,(H4-,68,70,77,78,80,81,82,83,84,85,86,87). The Morgan fingerprint density at radius 1 is 0.817 bits per heavy atom. The van der Waals surface area contributed by atoms with Crippen LogP contribution in [-0.4, -0.2) is 155 Å². The Bertz CT molecular complexity index is 4530. The van der Waals surface area contributed by atoms with Gasteiger partial charge in [0.05, 0.1) is 50.0 Å². The zero-order valence-electron chi connectivity index (χ0n) is 51.3. The lowest BCUT2D eigenvalue weighted by molar-refractivity contribution is -0.255. The Hall–Kier alpha value is -7.76. The van der Waals surface area contributed by atoms with E-state index < -0.39 is 71.3 Å². The fourth-order valence-electron chi connectivity index (χ4n) is 12.2. The molecule has 7 heterocycles. The summed E-state index contributed by atoms with van der Waals surface area (Å²) in [5, 5.41) is 19.0. The van der Waals surface area contributed by atoms with E-state index in [9.17, 15) is 50.2 Å². The van der Waals surface area contributed by atoms with E-state index in [1.54, 1.807) is 97.0 Å². The fraction of sp³-hybridized carbons (Fsp3) is 0.365. The number of rotatable bonds is 21. The molecule has 1 saturated heterocycles. The number of anilines is 2. The summed E-state index contributed by atoms with van der Waals surface area (Å²) in [6.07, 6.45) is 11.8. The lowest BCUT2D eigenvalue weighted by Gasteiger charge is -2.42. The lowest BCUT2D eigenvalue weighted by Crippen LogP contribution is -2.56. The van der Waals surface area contributed by atoms with Gasteiger partial charge in [0.25, 0.3) is 20.2 Å². The number of hydrogen-bond acceptors (Lipinski definition) is 18. The lowest BCUT2D eigenvalue weighted by atomic mass is 9.83. The molecule has 1 atom stereocenters. The van der Waals surface area contributed by atoms with Crippen molar-refractivity contribution in [3.8, 4) is 28.9 Å². The molecule has 11 rings (SSSR count). The number of aromatic nitrogens is 4. The maximum Gasteiger partial charge on any atom is 0.269 e. The van der Waals surface area contributed by atoms with Crippen molar-refractivity contribution >= 4 is 119 Å². The molecule has 6 aromatic rings. The molecule has 4 N–H and O–H groups in total. The molecule has 1 fully saturated rings. The monoisotopic (exact) mass is 1390 g/mol. The third-order valence-electron chi connectivity index (χ3n) is 17.1. The largest absolute Gasteiger partial charge is 0.545 e. The van der Waals surface area contributed by atoms with Crippen molar-refractivity contribution < 1.29 is 64.4 Å². The highest BCUT2D eigenvalue weighted by atomic mass is 35.5. The van der Waals surface area contributed by atoms with Gasteiger partial charge < -0.3 is 49.4 Å². The number of carboxylic acids is 1. The predicted octanol–water partition coefficient (Wildman–Crippen LogP) is 5.94. The van der Waals surface area contributed by atoms with Crippen LogP contribution in [0.2, 0.25) is 15.1 Å². The number of nitrogens with one attached hydrogen (secondary N) is 2. The number of carboxylic acid groups (broad SMARTS) is 1. The second-order valence-electron chi connectivity index (χ2n) is 24.2. The van der Waals surface area contributed by atoms with E-state index in [4.69, 9.17) is 54.0 Å². The Balaban J connectivity index is 0.809. The van der Waals surface area contributed by atoms with E-state index >= 15 is 0 Å². The summed E-state index contributed by atoms with van der Waals surface area (Å²) in [4.78, 5) is 73.6. The van der Waals surface area contributed by atoms with Crippen LogP contribution in [0.1, 0.15) is 98.0 Å². The van der Waals surface area contributed by atoms with Crippen LogP contribution in [-0.2, 0) is 41.2 Å². The van der Waals surface area contributed by atoms with Gasteiger partial charge in [-0.1, -0.05) is 53.4 Å². The zero-order chi connectivity index (χ0) is 66.6. The van der Waals surface area contributed by atoms with E-state index in [-0.39, 0.29) is 116 Å². The number of halogens is 3. The van der Waals surface area contributed by atoms with E-state index in [2.05, 4.69) is 20.6 Å². The van der Waals surface area contributed by atoms with Gasteiger partial charge in [-0.2, -0.15) is 21.8 Å². The maximum absolute atomic E-state index is 13.9. The number of thioether (sulfide) groups is 1. The zero-order valence-corrected chi connectivity index (χ0v) is 56.0. The van der Waals surface area contributed by atoms with Gasteiger partial charge in [0, 0.05) is 135 Å². The molecule has 0 spiro atoms.